The van der Waals surface area contributed by atoms with E-state index in [1.165, 1.54) is 5.41 Å². The van der Waals surface area contributed by atoms with Crippen molar-refractivity contribution in [2.24, 2.45) is 5.92 Å². The molecule has 1 fully saturated rings. The summed E-state index contributed by atoms with van der Waals surface area (Å²) in [5, 5.41) is 9.86. The van der Waals surface area contributed by atoms with Crippen LogP contribution in [0.15, 0.2) is 41.8 Å². The molecule has 2 N–H and O–H groups in total. The van der Waals surface area contributed by atoms with E-state index in [2.05, 4.69) is 10.8 Å². The molecule has 0 radical (unpaired) electrons. The molecule has 5 nitrogen and oxygen atoms in total. The molecule has 1 saturated carbocycles. The number of carboxylic acids is 1. The van der Waals surface area contributed by atoms with Crippen molar-refractivity contribution in [3.05, 3.63) is 53.0 Å². The predicted molar refractivity (Wildman–Crippen MR) is 109 cm³/mol. The van der Waals surface area contributed by atoms with Crippen LogP contribution in [0, 0.1) is 12.8 Å². The Bertz CT molecular complexity index is 766. The van der Waals surface area contributed by atoms with Crippen LogP contribution in [0.5, 0.6) is 0 Å². The van der Waals surface area contributed by atoms with E-state index in [0.717, 1.165) is 43.2 Å². The predicted octanol–water partition coefficient (Wildman–Crippen LogP) is 4.26. The molecule has 2 unspecified atom stereocenters. The summed E-state index contributed by atoms with van der Waals surface area (Å²) in [5.41, 5.74) is 2.00. The fraction of sp³-hybridized carbons (Fsp3) is 0.476. The van der Waals surface area contributed by atoms with E-state index in [1.54, 1.807) is 6.08 Å². The van der Waals surface area contributed by atoms with Crippen molar-refractivity contribution in [1.29, 1.82) is 0 Å². The summed E-state index contributed by atoms with van der Waals surface area (Å²) >= 11 is 0. The van der Waals surface area contributed by atoms with Gasteiger partial charge in [0.15, 0.2) is 0 Å². The van der Waals surface area contributed by atoms with Crippen LogP contribution in [-0.2, 0) is 14.8 Å². The number of allylic oxidation sites excluding steroid dienone is 2. The quantitative estimate of drug-likeness (QED) is 0.461. The maximum atomic E-state index is 12.4. The summed E-state index contributed by atoms with van der Waals surface area (Å²) in [5.74, 6) is -0.476. The summed E-state index contributed by atoms with van der Waals surface area (Å²) in [6.07, 6.45) is 11.0. The highest BCUT2D eigenvalue weighted by Crippen LogP contribution is 2.29. The molecular weight excluding hydrogens is 362 g/mol. The molecule has 0 spiro atoms. The van der Waals surface area contributed by atoms with Gasteiger partial charge in [0.05, 0.1) is 0 Å². The second-order valence-corrected chi connectivity index (χ2v) is 8.76. The Morgan fingerprint density at radius 1 is 1.22 bits per heavy atom. The minimum Gasteiger partial charge on any atom is -0.481 e. The lowest BCUT2D eigenvalue weighted by Gasteiger charge is -2.18. The largest absolute Gasteiger partial charge is 0.481 e. The number of aryl methyl sites for hydroxylation is 1. The number of carbonyl (C=O) groups is 1. The fourth-order valence-corrected chi connectivity index (χ4v) is 4.48. The van der Waals surface area contributed by atoms with E-state index in [4.69, 9.17) is 5.11 Å². The number of unbranched alkanes of at least 4 members (excludes halogenated alkanes) is 1. The molecule has 1 aromatic carbocycles. The Morgan fingerprint density at radius 3 is 2.67 bits per heavy atom. The van der Waals surface area contributed by atoms with Crippen LogP contribution in [0.4, 0.5) is 0 Å². The van der Waals surface area contributed by atoms with Gasteiger partial charge in [-0.1, -0.05) is 48.4 Å². The first-order chi connectivity index (χ1) is 12.9. The molecule has 1 aliphatic rings. The summed E-state index contributed by atoms with van der Waals surface area (Å²) in [6, 6.07) is 7.66. The van der Waals surface area contributed by atoms with Gasteiger partial charge in [-0.25, -0.2) is 13.1 Å². The van der Waals surface area contributed by atoms with Crippen molar-refractivity contribution in [1.82, 2.24) is 4.72 Å². The van der Waals surface area contributed by atoms with E-state index in [-0.39, 0.29) is 12.5 Å². The standard InChI is InChI=1S/C21H29NO4S/c1-17-11-13-18(14-12-17)15-16-27(25,26)22-20-9-6-8-19(20)7-4-2-3-5-10-21(23)24/h2,4,11-16,19-20,22H,3,5-10H2,1H3,(H,23,24). The monoisotopic (exact) mass is 391 g/mol. The molecular formula is C21H29NO4S. The van der Waals surface area contributed by atoms with Gasteiger partial charge < -0.3 is 5.11 Å². The van der Waals surface area contributed by atoms with Gasteiger partial charge in [0.25, 0.3) is 0 Å². The second kappa shape index (κ2) is 10.4. The van der Waals surface area contributed by atoms with Gasteiger partial charge in [0.2, 0.25) is 10.0 Å². The lowest BCUT2D eigenvalue weighted by Crippen LogP contribution is -2.36. The van der Waals surface area contributed by atoms with Crippen molar-refractivity contribution in [3.8, 4) is 0 Å². The fourth-order valence-electron chi connectivity index (χ4n) is 3.33. The SMILES string of the molecule is Cc1ccc(C=CS(=O)(=O)NC2CCCC2CC=CCCCC(=O)O)cc1. The van der Waals surface area contributed by atoms with Crippen molar-refractivity contribution in [3.63, 3.8) is 0 Å². The number of rotatable bonds is 10. The van der Waals surface area contributed by atoms with Crippen molar-refractivity contribution in [2.45, 2.75) is 57.9 Å². The van der Waals surface area contributed by atoms with Gasteiger partial charge in [-0.3, -0.25) is 4.79 Å². The third kappa shape index (κ3) is 8.10. The lowest BCUT2D eigenvalue weighted by molar-refractivity contribution is -0.137. The van der Waals surface area contributed by atoms with E-state index in [0.29, 0.717) is 12.3 Å². The zero-order valence-corrected chi connectivity index (χ0v) is 16.6. The Kier molecular flexibility index (Phi) is 8.25. The molecule has 2 rings (SSSR count). The Labute approximate surface area is 162 Å². The molecule has 0 bridgehead atoms. The first-order valence-electron chi connectivity index (χ1n) is 9.49. The summed E-state index contributed by atoms with van der Waals surface area (Å²) in [7, 11) is -3.47. The van der Waals surface area contributed by atoms with Crippen LogP contribution >= 0.6 is 0 Å². The zero-order chi connectivity index (χ0) is 19.7. The number of aliphatic carboxylic acids is 1. The molecule has 148 valence electrons. The number of hydrogen-bond acceptors (Lipinski definition) is 3. The van der Waals surface area contributed by atoms with E-state index < -0.39 is 16.0 Å². The molecule has 2 atom stereocenters. The Hall–Kier alpha value is -1.92. The first kappa shape index (κ1) is 21.4. The second-order valence-electron chi connectivity index (χ2n) is 7.17. The molecule has 0 saturated heterocycles. The highest BCUT2D eigenvalue weighted by atomic mass is 32.2. The third-order valence-electron chi connectivity index (χ3n) is 4.86. The number of nitrogens with one attached hydrogen (secondary N) is 1. The van der Waals surface area contributed by atoms with Gasteiger partial charge in [-0.15, -0.1) is 0 Å². The van der Waals surface area contributed by atoms with Crippen molar-refractivity contribution >= 4 is 22.1 Å². The Balaban J connectivity index is 1.84. The topological polar surface area (TPSA) is 83.5 Å². The number of benzene rings is 1. The maximum absolute atomic E-state index is 12.4. The minimum atomic E-state index is -3.47. The van der Waals surface area contributed by atoms with Crippen LogP contribution in [0.1, 0.15) is 56.1 Å². The molecule has 0 aromatic heterocycles. The summed E-state index contributed by atoms with van der Waals surface area (Å²) in [4.78, 5) is 10.5. The van der Waals surface area contributed by atoms with Gasteiger partial charge in [-0.2, -0.15) is 0 Å². The van der Waals surface area contributed by atoms with Gasteiger partial charge in [0, 0.05) is 17.9 Å². The Morgan fingerprint density at radius 2 is 1.96 bits per heavy atom. The molecule has 1 aromatic rings. The highest BCUT2D eigenvalue weighted by molar-refractivity contribution is 7.92. The lowest BCUT2D eigenvalue weighted by atomic mass is 10.00. The van der Waals surface area contributed by atoms with E-state index >= 15 is 0 Å². The van der Waals surface area contributed by atoms with Gasteiger partial charge >= 0.3 is 5.97 Å². The van der Waals surface area contributed by atoms with Gasteiger partial charge in [0.1, 0.15) is 0 Å². The number of carboxylic acid groups (broad SMARTS) is 1. The number of hydrogen-bond donors (Lipinski definition) is 2. The summed E-state index contributed by atoms with van der Waals surface area (Å²) in [6.45, 7) is 1.99. The van der Waals surface area contributed by atoms with E-state index in [1.807, 2.05) is 37.3 Å². The third-order valence-corrected chi connectivity index (χ3v) is 5.98. The number of sulfonamides is 1. The van der Waals surface area contributed by atoms with Crippen LogP contribution in [0.2, 0.25) is 0 Å². The van der Waals surface area contributed by atoms with Gasteiger partial charge in [-0.05, 0) is 56.6 Å². The highest BCUT2D eigenvalue weighted by Gasteiger charge is 2.28. The van der Waals surface area contributed by atoms with Crippen LogP contribution in [0.3, 0.4) is 0 Å². The molecule has 27 heavy (non-hydrogen) atoms. The average Bonchev–Trinajstić information content (AvgIpc) is 3.03. The van der Waals surface area contributed by atoms with Crippen LogP contribution in [0.25, 0.3) is 6.08 Å². The molecule has 1 aliphatic carbocycles. The van der Waals surface area contributed by atoms with E-state index in [9.17, 15) is 13.2 Å². The maximum Gasteiger partial charge on any atom is 0.303 e. The zero-order valence-electron chi connectivity index (χ0n) is 15.8. The molecule has 0 aliphatic heterocycles. The molecule has 0 heterocycles. The molecule has 6 heteroatoms. The minimum absolute atomic E-state index is 0.0404. The molecule has 0 amide bonds. The van der Waals surface area contributed by atoms with Crippen LogP contribution in [-0.4, -0.2) is 25.5 Å². The summed E-state index contributed by atoms with van der Waals surface area (Å²) < 4.78 is 27.6. The smallest absolute Gasteiger partial charge is 0.303 e. The average molecular weight is 392 g/mol. The van der Waals surface area contributed by atoms with Crippen molar-refractivity contribution < 1.29 is 18.3 Å². The van der Waals surface area contributed by atoms with Crippen molar-refractivity contribution in [2.75, 3.05) is 0 Å². The first-order valence-corrected chi connectivity index (χ1v) is 11.0. The van der Waals surface area contributed by atoms with Crippen LogP contribution < -0.4 is 4.72 Å². The normalized spacial score (nSPS) is 20.6.